The van der Waals surface area contributed by atoms with Crippen molar-refractivity contribution in [2.45, 2.75) is 49.2 Å². The summed E-state index contributed by atoms with van der Waals surface area (Å²) in [6.07, 6.45) is 35.1. The third-order valence-electron chi connectivity index (χ3n) is 17.6. The fourth-order valence-corrected chi connectivity index (χ4v) is 14.3. The minimum atomic E-state index is -0.152. The van der Waals surface area contributed by atoms with Crippen LogP contribution in [-0.4, -0.2) is 42.6 Å². The SMILES string of the molecule is C1=CCC(N(C2=CC3C4B(c5ccccc5N3c3ccccc3)c3cc5c(nc3N(C3C=CC=CC3)C4=C2)N(C2C=CC=CC2)c2cc(N(c3ccccc3)c3ccccc3)cc3c2B5c2ccccc2O3)c2ccccc2)C=C1. The average molecular weight is 1030 g/mol. The summed E-state index contributed by atoms with van der Waals surface area (Å²) in [6, 6.07) is 68.8. The van der Waals surface area contributed by atoms with E-state index in [0.717, 1.165) is 70.6 Å². The number of fused-ring (bicyclic) bond motifs is 8. The van der Waals surface area contributed by atoms with E-state index in [4.69, 9.17) is 9.72 Å². The molecule has 16 rings (SSSR count). The Balaban J connectivity index is 0.983. The summed E-state index contributed by atoms with van der Waals surface area (Å²) in [7, 11) is 0. The van der Waals surface area contributed by atoms with E-state index in [1.165, 1.54) is 50.3 Å². The number of hydrogen-bond donors (Lipinski definition) is 0. The fraction of sp³-hybridized carbons (Fsp3) is 0.113. The number of ether oxygens (including phenoxy) is 1. The van der Waals surface area contributed by atoms with E-state index in [0.29, 0.717) is 0 Å². The van der Waals surface area contributed by atoms with E-state index in [1.54, 1.807) is 0 Å². The molecule has 0 radical (unpaired) electrons. The molecule has 80 heavy (non-hydrogen) atoms. The zero-order valence-corrected chi connectivity index (χ0v) is 44.2. The van der Waals surface area contributed by atoms with Gasteiger partial charge in [0.25, 0.3) is 6.71 Å². The van der Waals surface area contributed by atoms with E-state index < -0.39 is 0 Å². The van der Waals surface area contributed by atoms with Crippen molar-refractivity contribution in [3.63, 3.8) is 0 Å². The van der Waals surface area contributed by atoms with Gasteiger partial charge in [0.2, 0.25) is 6.71 Å². The largest absolute Gasteiger partial charge is 0.458 e. The Bertz CT molecular complexity index is 3960. The Morgan fingerprint density at radius 1 is 0.475 bits per heavy atom. The van der Waals surface area contributed by atoms with Crippen LogP contribution in [0.25, 0.3) is 0 Å². The third-order valence-corrected chi connectivity index (χ3v) is 17.6. The molecule has 9 heteroatoms. The summed E-state index contributed by atoms with van der Waals surface area (Å²) in [4.78, 5) is 19.2. The van der Waals surface area contributed by atoms with Gasteiger partial charge in [0.05, 0.1) is 29.9 Å². The first kappa shape index (κ1) is 46.6. The van der Waals surface area contributed by atoms with Crippen molar-refractivity contribution >= 4 is 92.2 Å². The molecule has 8 aromatic rings. The van der Waals surface area contributed by atoms with Crippen molar-refractivity contribution in [2.75, 3.05) is 24.5 Å². The maximum absolute atomic E-state index is 7.23. The Hall–Kier alpha value is -9.46. The molecule has 382 valence electrons. The maximum atomic E-state index is 7.23. The molecule has 4 aliphatic carbocycles. The number of allylic oxidation sites excluding steroid dienone is 7. The maximum Gasteiger partial charge on any atom is 0.258 e. The third kappa shape index (κ3) is 7.47. The molecule has 0 amide bonds. The lowest BCUT2D eigenvalue weighted by Crippen LogP contribution is -2.67. The second-order valence-corrected chi connectivity index (χ2v) is 22.0. The van der Waals surface area contributed by atoms with Crippen molar-refractivity contribution in [1.82, 2.24) is 4.98 Å². The van der Waals surface area contributed by atoms with Gasteiger partial charge in [0.15, 0.2) is 0 Å². The standard InChI is InChI=1S/C71H56B2N6O/c1-8-26-49(27-9-1)75(50-28-10-2-11-29-50)56-44-63-68-64(45-56)78(54-36-18-6-19-37-54)70-60(72(68)58-40-22-24-42-62(58)77(63)53-34-16-5-17-35-53)48-61-71(74-70)79(55-38-20-7-21-39-55)65-46-57(47-67-69(65)73(61)59-41-23-25-43-66(59)80-67)76(51-30-12-3-13-31-51)52-32-14-4-15-33-52/h1-28,30-36,38,40-48,50,54-55,63,68H,29,37,39H2. The normalized spacial score (nSPS) is 21.1. The summed E-state index contributed by atoms with van der Waals surface area (Å²) in [5.74, 6) is 3.78. The molecule has 0 spiro atoms. The molecule has 8 aliphatic rings. The average Bonchev–Trinajstić information content (AvgIpc) is 2.69. The number of nitrogens with zero attached hydrogens (tertiary/aromatic N) is 6. The Morgan fingerprint density at radius 3 is 1.75 bits per heavy atom. The molecule has 5 heterocycles. The van der Waals surface area contributed by atoms with Crippen LogP contribution in [0.5, 0.6) is 11.5 Å². The molecule has 7 nitrogen and oxygen atoms in total. The second kappa shape index (κ2) is 19.2. The fourth-order valence-electron chi connectivity index (χ4n) is 14.3. The highest BCUT2D eigenvalue weighted by atomic mass is 16.5. The predicted octanol–water partition coefficient (Wildman–Crippen LogP) is 12.9. The highest BCUT2D eigenvalue weighted by Crippen LogP contribution is 2.52. The molecule has 0 N–H and O–H groups in total. The van der Waals surface area contributed by atoms with E-state index in [9.17, 15) is 0 Å². The summed E-state index contributed by atoms with van der Waals surface area (Å²) < 4.78 is 7.23. The van der Waals surface area contributed by atoms with Gasteiger partial charge in [-0.05, 0) is 125 Å². The van der Waals surface area contributed by atoms with E-state index in [-0.39, 0.29) is 43.4 Å². The summed E-state index contributed by atoms with van der Waals surface area (Å²) in [6.45, 7) is -0.175. The van der Waals surface area contributed by atoms with Gasteiger partial charge >= 0.3 is 0 Å². The lowest BCUT2D eigenvalue weighted by atomic mass is 9.27. The predicted molar refractivity (Wildman–Crippen MR) is 334 cm³/mol. The van der Waals surface area contributed by atoms with Crippen LogP contribution in [-0.2, 0) is 0 Å². The van der Waals surface area contributed by atoms with Crippen LogP contribution in [0.2, 0.25) is 5.82 Å². The zero-order chi connectivity index (χ0) is 52.7. The van der Waals surface area contributed by atoms with Gasteiger partial charge in [-0.3, -0.25) is 0 Å². The van der Waals surface area contributed by atoms with Crippen molar-refractivity contribution in [3.8, 4) is 11.5 Å². The van der Waals surface area contributed by atoms with Crippen LogP contribution in [0.4, 0.5) is 51.4 Å². The number of benzene rings is 7. The van der Waals surface area contributed by atoms with Crippen molar-refractivity contribution in [2.24, 2.45) is 0 Å². The molecular formula is C71H56B2N6O. The summed E-state index contributed by atoms with van der Waals surface area (Å²) in [5.41, 5.74) is 16.4. The summed E-state index contributed by atoms with van der Waals surface area (Å²) in [5, 5.41) is 0. The molecule has 0 saturated heterocycles. The highest BCUT2D eigenvalue weighted by Gasteiger charge is 2.55. The van der Waals surface area contributed by atoms with Crippen molar-refractivity contribution in [3.05, 3.63) is 285 Å². The quantitative estimate of drug-likeness (QED) is 0.133. The lowest BCUT2D eigenvalue weighted by Gasteiger charge is -2.55. The van der Waals surface area contributed by atoms with Crippen LogP contribution in [0.3, 0.4) is 0 Å². The Morgan fingerprint density at radius 2 is 1.07 bits per heavy atom. The molecule has 0 saturated carbocycles. The van der Waals surface area contributed by atoms with Gasteiger partial charge in [-0.25, -0.2) is 4.98 Å². The van der Waals surface area contributed by atoms with Crippen LogP contribution < -0.4 is 56.6 Å². The molecule has 0 bridgehead atoms. The molecule has 5 atom stereocenters. The topological polar surface area (TPSA) is 38.3 Å². The molecule has 7 aromatic carbocycles. The van der Waals surface area contributed by atoms with E-state index >= 15 is 0 Å². The smallest absolute Gasteiger partial charge is 0.258 e. The van der Waals surface area contributed by atoms with Crippen LogP contribution in [0, 0.1) is 0 Å². The van der Waals surface area contributed by atoms with Crippen LogP contribution >= 0.6 is 0 Å². The first-order valence-corrected chi connectivity index (χ1v) is 28.4. The van der Waals surface area contributed by atoms with E-state index in [1.807, 2.05) is 0 Å². The number of pyridine rings is 1. The number of rotatable bonds is 9. The Labute approximate surface area is 469 Å². The lowest BCUT2D eigenvalue weighted by molar-refractivity contribution is 0.487. The zero-order valence-electron chi connectivity index (χ0n) is 44.2. The van der Waals surface area contributed by atoms with Crippen LogP contribution in [0.1, 0.15) is 19.3 Å². The van der Waals surface area contributed by atoms with Gasteiger partial charge in [-0.15, -0.1) is 0 Å². The molecule has 5 unspecified atom stereocenters. The van der Waals surface area contributed by atoms with Gasteiger partial charge in [0, 0.05) is 57.4 Å². The van der Waals surface area contributed by atoms with E-state index in [2.05, 4.69) is 298 Å². The second-order valence-electron chi connectivity index (χ2n) is 22.0. The van der Waals surface area contributed by atoms with Gasteiger partial charge in [-0.2, -0.15) is 0 Å². The number of para-hydroxylation sites is 6. The number of aromatic nitrogens is 1. The minimum Gasteiger partial charge on any atom is -0.458 e. The van der Waals surface area contributed by atoms with Gasteiger partial charge < -0.3 is 29.2 Å². The highest BCUT2D eigenvalue weighted by molar-refractivity contribution is 7.00. The monoisotopic (exact) mass is 1030 g/mol. The van der Waals surface area contributed by atoms with Crippen molar-refractivity contribution in [1.29, 1.82) is 0 Å². The number of hydrogen-bond acceptors (Lipinski definition) is 7. The summed E-state index contributed by atoms with van der Waals surface area (Å²) >= 11 is 0. The first-order chi connectivity index (χ1) is 39.7. The minimum absolute atomic E-state index is 0.00989. The van der Waals surface area contributed by atoms with Crippen LogP contribution in [0.15, 0.2) is 285 Å². The number of anilines is 9. The van der Waals surface area contributed by atoms with Crippen molar-refractivity contribution < 1.29 is 4.74 Å². The van der Waals surface area contributed by atoms with Gasteiger partial charge in [-0.1, -0.05) is 188 Å². The first-order valence-electron chi connectivity index (χ1n) is 28.4. The Kier molecular flexibility index (Phi) is 11.2. The molecule has 1 aromatic heterocycles. The van der Waals surface area contributed by atoms with Gasteiger partial charge in [0.1, 0.15) is 23.1 Å². The molecule has 4 aliphatic heterocycles. The molecular weight excluding hydrogens is 974 g/mol. The molecule has 0 fully saturated rings.